The molecule has 1 heterocycles. The van der Waals surface area contributed by atoms with Gasteiger partial charge in [-0.2, -0.15) is 13.2 Å². The quantitative estimate of drug-likeness (QED) is 0.391. The summed E-state index contributed by atoms with van der Waals surface area (Å²) in [7, 11) is 0. The molecule has 1 aliphatic rings. The van der Waals surface area contributed by atoms with Crippen molar-refractivity contribution in [2.45, 2.75) is 18.5 Å². The van der Waals surface area contributed by atoms with E-state index in [9.17, 15) is 32.3 Å². The molecule has 1 unspecified atom stereocenters. The van der Waals surface area contributed by atoms with E-state index in [1.54, 1.807) is 18.2 Å². The van der Waals surface area contributed by atoms with Crippen LogP contribution in [0.1, 0.15) is 38.6 Å². The maximum atomic E-state index is 13.8. The Bertz CT molecular complexity index is 1280. The van der Waals surface area contributed by atoms with Crippen molar-refractivity contribution in [2.75, 3.05) is 23.3 Å². The molecule has 0 aromatic heterocycles. The number of hydrogen-bond acceptors (Lipinski definition) is 4. The van der Waals surface area contributed by atoms with Gasteiger partial charge in [0.1, 0.15) is 5.82 Å². The Labute approximate surface area is 209 Å². The topological polar surface area (TPSA) is 107 Å². The molecule has 7 nitrogen and oxygen atoms in total. The first-order valence-corrected chi connectivity index (χ1v) is 11.0. The highest BCUT2D eigenvalue weighted by atomic mass is 19.4. The Morgan fingerprint density at radius 3 is 2.11 bits per heavy atom. The van der Waals surface area contributed by atoms with Crippen LogP contribution in [0.3, 0.4) is 0 Å². The molecule has 1 amide bonds. The molecular weight excluding hydrogens is 496 g/mol. The molecule has 1 aliphatic heterocycles. The number of benzene rings is 3. The van der Waals surface area contributed by atoms with E-state index in [-0.39, 0.29) is 11.1 Å². The van der Waals surface area contributed by atoms with Crippen molar-refractivity contribution in [3.8, 4) is 0 Å². The van der Waals surface area contributed by atoms with Crippen LogP contribution in [0.4, 0.5) is 28.9 Å². The zero-order valence-corrected chi connectivity index (χ0v) is 19.2. The standard InChI is InChI=1S/C24H21FN2O3.C2HF3O2/c25-21-9-5-4-8-19(21)23(28)26-18-10-11-22(20(14-18)24(29)30)27-13-12-17(15-27)16-6-2-1-3-7-16;3-2(4,5)1(6)7/h1-11,14,17H,12-13,15H2,(H,26,28)(H,29,30);(H,6,7). The number of alkyl halides is 3. The molecule has 194 valence electrons. The zero-order chi connectivity index (χ0) is 27.2. The summed E-state index contributed by atoms with van der Waals surface area (Å²) in [5, 5.41) is 19.4. The predicted octanol–water partition coefficient (Wildman–Crippen LogP) is 5.40. The normalized spacial score (nSPS) is 14.9. The van der Waals surface area contributed by atoms with E-state index in [0.29, 0.717) is 17.3 Å². The number of aliphatic carboxylic acids is 1. The number of nitrogens with zero attached hydrogens (tertiary/aromatic N) is 1. The van der Waals surface area contributed by atoms with Gasteiger partial charge >= 0.3 is 18.1 Å². The molecule has 0 spiro atoms. The highest BCUT2D eigenvalue weighted by molar-refractivity contribution is 6.05. The van der Waals surface area contributed by atoms with Crippen molar-refractivity contribution in [2.24, 2.45) is 0 Å². The Hall–Kier alpha value is -4.41. The second kappa shape index (κ2) is 11.5. The lowest BCUT2D eigenvalue weighted by molar-refractivity contribution is -0.192. The number of hydrogen-bond donors (Lipinski definition) is 3. The van der Waals surface area contributed by atoms with E-state index in [1.807, 2.05) is 18.2 Å². The fraction of sp³-hybridized carbons (Fsp3) is 0.192. The lowest BCUT2D eigenvalue weighted by atomic mass is 9.99. The fourth-order valence-electron chi connectivity index (χ4n) is 3.88. The van der Waals surface area contributed by atoms with Crippen molar-refractivity contribution in [1.29, 1.82) is 0 Å². The van der Waals surface area contributed by atoms with Crippen LogP contribution in [-0.2, 0) is 4.79 Å². The van der Waals surface area contributed by atoms with Crippen LogP contribution < -0.4 is 10.2 Å². The molecule has 3 N–H and O–H groups in total. The lowest BCUT2D eigenvalue weighted by Crippen LogP contribution is -2.22. The van der Waals surface area contributed by atoms with E-state index in [0.717, 1.165) is 19.5 Å². The van der Waals surface area contributed by atoms with Gasteiger partial charge in [-0.15, -0.1) is 0 Å². The van der Waals surface area contributed by atoms with Gasteiger partial charge in [-0.05, 0) is 42.3 Å². The number of halogens is 4. The van der Waals surface area contributed by atoms with Crippen LogP contribution in [0.2, 0.25) is 0 Å². The minimum absolute atomic E-state index is 0.0938. The van der Waals surface area contributed by atoms with Crippen molar-refractivity contribution < 1.29 is 42.2 Å². The molecule has 3 aromatic carbocycles. The van der Waals surface area contributed by atoms with E-state index in [4.69, 9.17) is 9.90 Å². The summed E-state index contributed by atoms with van der Waals surface area (Å²) in [6, 6.07) is 20.6. The van der Waals surface area contributed by atoms with Crippen LogP contribution in [0.15, 0.2) is 72.8 Å². The Morgan fingerprint density at radius 1 is 0.892 bits per heavy atom. The lowest BCUT2D eigenvalue weighted by Gasteiger charge is -2.21. The number of aromatic carboxylic acids is 1. The molecule has 0 bridgehead atoms. The summed E-state index contributed by atoms with van der Waals surface area (Å²) in [5.41, 5.74) is 2.18. The molecule has 1 atom stereocenters. The third-order valence-corrected chi connectivity index (χ3v) is 5.65. The molecule has 0 saturated carbocycles. The Morgan fingerprint density at radius 2 is 1.51 bits per heavy atom. The largest absolute Gasteiger partial charge is 0.490 e. The molecular formula is C26H22F4N2O5. The second-order valence-electron chi connectivity index (χ2n) is 8.12. The zero-order valence-electron chi connectivity index (χ0n) is 19.2. The summed E-state index contributed by atoms with van der Waals surface area (Å²) in [6.07, 6.45) is -4.14. The van der Waals surface area contributed by atoms with Gasteiger partial charge in [-0.25, -0.2) is 14.0 Å². The summed E-state index contributed by atoms with van der Waals surface area (Å²) < 4.78 is 45.6. The van der Waals surface area contributed by atoms with E-state index in [1.165, 1.54) is 29.8 Å². The Kier molecular flexibility index (Phi) is 8.49. The second-order valence-corrected chi connectivity index (χ2v) is 8.12. The van der Waals surface area contributed by atoms with Crippen LogP contribution in [-0.4, -0.2) is 47.3 Å². The van der Waals surface area contributed by atoms with Gasteiger partial charge in [0.05, 0.1) is 16.8 Å². The smallest absolute Gasteiger partial charge is 0.478 e. The SMILES string of the molecule is O=C(Nc1ccc(N2CCC(c3ccccc3)C2)c(C(=O)O)c1)c1ccccc1F.O=C(O)C(F)(F)F. The van der Waals surface area contributed by atoms with Gasteiger partial charge in [0.2, 0.25) is 0 Å². The van der Waals surface area contributed by atoms with Gasteiger partial charge in [0.15, 0.2) is 0 Å². The van der Waals surface area contributed by atoms with Gasteiger partial charge < -0.3 is 20.4 Å². The van der Waals surface area contributed by atoms with Crippen molar-refractivity contribution in [3.63, 3.8) is 0 Å². The molecule has 0 radical (unpaired) electrons. The van der Waals surface area contributed by atoms with Gasteiger partial charge in [-0.1, -0.05) is 42.5 Å². The van der Waals surface area contributed by atoms with Gasteiger partial charge in [0.25, 0.3) is 5.91 Å². The number of anilines is 2. The van der Waals surface area contributed by atoms with Crippen molar-refractivity contribution in [3.05, 3.63) is 95.3 Å². The first kappa shape index (κ1) is 27.2. The average Bonchev–Trinajstić information content (AvgIpc) is 3.35. The first-order valence-electron chi connectivity index (χ1n) is 11.0. The highest BCUT2D eigenvalue weighted by Crippen LogP contribution is 2.33. The van der Waals surface area contributed by atoms with Crippen LogP contribution in [0.25, 0.3) is 0 Å². The monoisotopic (exact) mass is 518 g/mol. The maximum Gasteiger partial charge on any atom is 0.490 e. The van der Waals surface area contributed by atoms with Gasteiger partial charge in [0, 0.05) is 24.7 Å². The predicted molar refractivity (Wildman–Crippen MR) is 127 cm³/mol. The summed E-state index contributed by atoms with van der Waals surface area (Å²) in [6.45, 7) is 1.48. The van der Waals surface area contributed by atoms with E-state index in [2.05, 4.69) is 22.3 Å². The molecule has 1 saturated heterocycles. The molecule has 4 rings (SSSR count). The average molecular weight is 518 g/mol. The summed E-state index contributed by atoms with van der Waals surface area (Å²) in [4.78, 5) is 35.2. The van der Waals surface area contributed by atoms with Crippen LogP contribution in [0, 0.1) is 5.82 Å². The first-order chi connectivity index (χ1) is 17.5. The minimum atomic E-state index is -5.08. The highest BCUT2D eigenvalue weighted by Gasteiger charge is 2.38. The number of carboxylic acid groups (broad SMARTS) is 2. The molecule has 1 fully saturated rings. The molecule has 11 heteroatoms. The fourth-order valence-corrected chi connectivity index (χ4v) is 3.88. The summed E-state index contributed by atoms with van der Waals surface area (Å²) >= 11 is 0. The van der Waals surface area contributed by atoms with E-state index >= 15 is 0 Å². The van der Waals surface area contributed by atoms with Crippen LogP contribution >= 0.6 is 0 Å². The molecule has 37 heavy (non-hydrogen) atoms. The molecule has 3 aromatic rings. The Balaban J connectivity index is 0.000000479. The van der Waals surface area contributed by atoms with Crippen molar-refractivity contribution in [1.82, 2.24) is 0 Å². The van der Waals surface area contributed by atoms with Crippen LogP contribution in [0.5, 0.6) is 0 Å². The van der Waals surface area contributed by atoms with E-state index < -0.39 is 29.8 Å². The molecule has 0 aliphatic carbocycles. The number of carbonyl (C=O) groups excluding carboxylic acids is 1. The summed E-state index contributed by atoms with van der Waals surface area (Å²) in [5.74, 6) is -4.74. The number of nitrogens with one attached hydrogen (secondary N) is 1. The number of carbonyl (C=O) groups is 3. The van der Waals surface area contributed by atoms with Crippen molar-refractivity contribution >= 4 is 29.2 Å². The third-order valence-electron chi connectivity index (χ3n) is 5.65. The van der Waals surface area contributed by atoms with Gasteiger partial charge in [-0.3, -0.25) is 4.79 Å². The number of carboxylic acids is 2. The maximum absolute atomic E-state index is 13.8. The number of amides is 1. The number of rotatable bonds is 5. The third kappa shape index (κ3) is 7.06. The minimum Gasteiger partial charge on any atom is -0.478 e.